The zero-order valence-corrected chi connectivity index (χ0v) is 9.68. The first-order chi connectivity index (χ1) is 7.95. The van der Waals surface area contributed by atoms with Crippen molar-refractivity contribution in [2.75, 3.05) is 0 Å². The molecule has 5 heteroatoms. The minimum absolute atomic E-state index is 0.137. The zero-order valence-electron chi connectivity index (χ0n) is 9.68. The second kappa shape index (κ2) is 5.54. The van der Waals surface area contributed by atoms with Gasteiger partial charge in [0.05, 0.1) is 0 Å². The van der Waals surface area contributed by atoms with Crippen LogP contribution in [0.5, 0.6) is 11.5 Å². The average Bonchev–Trinajstić information content (AvgIpc) is 2.25. The maximum absolute atomic E-state index is 10.7. The van der Waals surface area contributed by atoms with Gasteiger partial charge >= 0.3 is 5.97 Å². The molecule has 0 radical (unpaired) electrons. The zero-order chi connectivity index (χ0) is 13.0. The van der Waals surface area contributed by atoms with Gasteiger partial charge in [0, 0.05) is 0 Å². The number of nitrogens with two attached hydrogens (primary N) is 1. The third-order valence-electron chi connectivity index (χ3n) is 2.57. The van der Waals surface area contributed by atoms with Gasteiger partial charge in [-0.3, -0.25) is 4.79 Å². The molecule has 0 aliphatic rings. The van der Waals surface area contributed by atoms with Crippen LogP contribution in [0.2, 0.25) is 0 Å². The first-order valence-corrected chi connectivity index (χ1v) is 5.47. The third-order valence-corrected chi connectivity index (χ3v) is 2.57. The van der Waals surface area contributed by atoms with Crippen LogP contribution in [0.25, 0.3) is 0 Å². The van der Waals surface area contributed by atoms with Crippen molar-refractivity contribution in [2.24, 2.45) is 5.73 Å². The molecule has 0 spiro atoms. The van der Waals surface area contributed by atoms with Gasteiger partial charge in [-0.2, -0.15) is 0 Å². The number of phenolic OH excluding ortho intramolecular Hbond substituents is 2. The summed E-state index contributed by atoms with van der Waals surface area (Å²) in [4.78, 5) is 10.7. The molecule has 1 aromatic rings. The molecule has 0 saturated carbocycles. The van der Waals surface area contributed by atoms with E-state index < -0.39 is 12.0 Å². The number of phenols is 2. The topological polar surface area (TPSA) is 104 Å². The van der Waals surface area contributed by atoms with Crippen molar-refractivity contribution in [3.8, 4) is 11.5 Å². The van der Waals surface area contributed by atoms with E-state index in [0.717, 1.165) is 12.0 Å². The lowest BCUT2D eigenvalue weighted by atomic mass is 9.97. The molecule has 94 valence electrons. The van der Waals surface area contributed by atoms with Gasteiger partial charge in [0.15, 0.2) is 11.5 Å². The van der Waals surface area contributed by atoms with E-state index in [2.05, 4.69) is 0 Å². The summed E-state index contributed by atoms with van der Waals surface area (Å²) in [5.74, 6) is -1.53. The summed E-state index contributed by atoms with van der Waals surface area (Å²) in [6, 6.07) is 1.83. The molecule has 1 aromatic carbocycles. The van der Waals surface area contributed by atoms with E-state index in [1.54, 1.807) is 0 Å². The molecule has 0 aliphatic heterocycles. The Labute approximate surface area is 99.5 Å². The van der Waals surface area contributed by atoms with Crippen LogP contribution in [-0.4, -0.2) is 27.3 Å². The highest BCUT2D eigenvalue weighted by atomic mass is 16.4. The van der Waals surface area contributed by atoms with Crippen LogP contribution in [0.1, 0.15) is 24.5 Å². The van der Waals surface area contributed by atoms with Crippen molar-refractivity contribution in [3.63, 3.8) is 0 Å². The van der Waals surface area contributed by atoms with Gasteiger partial charge in [-0.1, -0.05) is 13.3 Å². The number of benzene rings is 1. The van der Waals surface area contributed by atoms with Crippen molar-refractivity contribution in [3.05, 3.63) is 23.3 Å². The molecule has 1 atom stereocenters. The first-order valence-electron chi connectivity index (χ1n) is 5.47. The maximum Gasteiger partial charge on any atom is 0.320 e. The molecule has 17 heavy (non-hydrogen) atoms. The van der Waals surface area contributed by atoms with E-state index in [0.29, 0.717) is 12.0 Å². The van der Waals surface area contributed by atoms with E-state index in [1.165, 1.54) is 12.1 Å². The molecule has 0 fully saturated rings. The van der Waals surface area contributed by atoms with Gasteiger partial charge < -0.3 is 21.1 Å². The van der Waals surface area contributed by atoms with Gasteiger partial charge in [0.1, 0.15) is 6.04 Å². The highest BCUT2D eigenvalue weighted by Gasteiger charge is 2.16. The minimum atomic E-state index is -1.08. The fourth-order valence-corrected chi connectivity index (χ4v) is 1.68. The second-order valence-corrected chi connectivity index (χ2v) is 4.01. The van der Waals surface area contributed by atoms with Crippen molar-refractivity contribution in [1.29, 1.82) is 0 Å². The number of carboxylic acids is 1. The van der Waals surface area contributed by atoms with Crippen LogP contribution in [0, 0.1) is 0 Å². The molecule has 5 N–H and O–H groups in total. The maximum atomic E-state index is 10.7. The second-order valence-electron chi connectivity index (χ2n) is 4.01. The average molecular weight is 239 g/mol. The third kappa shape index (κ3) is 3.35. The number of rotatable bonds is 5. The van der Waals surface area contributed by atoms with E-state index in [1.807, 2.05) is 6.92 Å². The molecule has 1 rings (SSSR count). The van der Waals surface area contributed by atoms with E-state index >= 15 is 0 Å². The van der Waals surface area contributed by atoms with Crippen LogP contribution in [-0.2, 0) is 17.6 Å². The molecule has 0 aliphatic carbocycles. The SMILES string of the molecule is CCCc1cc(O)c(O)cc1C[C@H](N)C(=O)O. The summed E-state index contributed by atoms with van der Waals surface area (Å²) >= 11 is 0. The largest absolute Gasteiger partial charge is 0.504 e. The van der Waals surface area contributed by atoms with Crippen molar-refractivity contribution < 1.29 is 20.1 Å². The Hall–Kier alpha value is -1.75. The smallest absolute Gasteiger partial charge is 0.320 e. The lowest BCUT2D eigenvalue weighted by molar-refractivity contribution is -0.138. The highest BCUT2D eigenvalue weighted by Crippen LogP contribution is 2.29. The number of hydrogen-bond donors (Lipinski definition) is 4. The summed E-state index contributed by atoms with van der Waals surface area (Å²) in [6.07, 6.45) is 1.70. The predicted octanol–water partition coefficient (Wildman–Crippen LogP) is 1.00. The lowest BCUT2D eigenvalue weighted by Gasteiger charge is -2.13. The fourth-order valence-electron chi connectivity index (χ4n) is 1.68. The summed E-state index contributed by atoms with van der Waals surface area (Å²) in [5, 5.41) is 27.6. The lowest BCUT2D eigenvalue weighted by Crippen LogP contribution is -2.32. The van der Waals surface area contributed by atoms with Crippen LogP contribution in [0.4, 0.5) is 0 Å². The van der Waals surface area contributed by atoms with E-state index in [9.17, 15) is 15.0 Å². The number of hydrogen-bond acceptors (Lipinski definition) is 4. The van der Waals surface area contributed by atoms with Gasteiger partial charge in [-0.05, 0) is 36.1 Å². The summed E-state index contributed by atoms with van der Waals surface area (Å²) < 4.78 is 0. The summed E-state index contributed by atoms with van der Waals surface area (Å²) in [7, 11) is 0. The van der Waals surface area contributed by atoms with E-state index in [-0.39, 0.29) is 17.9 Å². The Bertz CT molecular complexity index is 417. The highest BCUT2D eigenvalue weighted by molar-refractivity contribution is 5.73. The first kappa shape index (κ1) is 13.3. The van der Waals surface area contributed by atoms with Crippen molar-refractivity contribution in [1.82, 2.24) is 0 Å². The molecular weight excluding hydrogens is 222 g/mol. The number of aryl methyl sites for hydroxylation is 1. The van der Waals surface area contributed by atoms with Gasteiger partial charge in [-0.15, -0.1) is 0 Å². The fraction of sp³-hybridized carbons (Fsp3) is 0.417. The van der Waals surface area contributed by atoms with Gasteiger partial charge in [0.25, 0.3) is 0 Å². The molecule has 0 aromatic heterocycles. The van der Waals surface area contributed by atoms with E-state index in [4.69, 9.17) is 10.8 Å². The van der Waals surface area contributed by atoms with Crippen LogP contribution in [0.15, 0.2) is 12.1 Å². The molecular formula is C12H17NO4. The Morgan fingerprint density at radius 2 is 1.82 bits per heavy atom. The van der Waals surface area contributed by atoms with Crippen molar-refractivity contribution >= 4 is 5.97 Å². The minimum Gasteiger partial charge on any atom is -0.504 e. The quantitative estimate of drug-likeness (QED) is 0.574. The molecule has 0 bridgehead atoms. The normalized spacial score (nSPS) is 12.4. The predicted molar refractivity (Wildman–Crippen MR) is 63.1 cm³/mol. The number of aliphatic carboxylic acids is 1. The van der Waals surface area contributed by atoms with Crippen LogP contribution in [0.3, 0.4) is 0 Å². The summed E-state index contributed by atoms with van der Waals surface area (Å²) in [6.45, 7) is 1.98. The number of carboxylic acid groups (broad SMARTS) is 1. The van der Waals surface area contributed by atoms with Crippen molar-refractivity contribution in [2.45, 2.75) is 32.2 Å². The molecule has 0 amide bonds. The van der Waals surface area contributed by atoms with Gasteiger partial charge in [-0.25, -0.2) is 0 Å². The monoisotopic (exact) mass is 239 g/mol. The molecule has 0 heterocycles. The Kier molecular flexibility index (Phi) is 4.34. The Morgan fingerprint density at radius 3 is 2.29 bits per heavy atom. The number of aromatic hydroxyl groups is 2. The van der Waals surface area contributed by atoms with Gasteiger partial charge in [0.2, 0.25) is 0 Å². The Morgan fingerprint density at radius 1 is 1.29 bits per heavy atom. The van der Waals surface area contributed by atoms with Crippen LogP contribution >= 0.6 is 0 Å². The summed E-state index contributed by atoms with van der Waals surface area (Å²) in [5.41, 5.74) is 6.94. The van der Waals surface area contributed by atoms with Crippen LogP contribution < -0.4 is 5.73 Å². The Balaban J connectivity index is 3.03. The standard InChI is InChI=1S/C12H17NO4/c1-2-3-7-5-10(14)11(15)6-8(7)4-9(13)12(16)17/h5-6,9,14-15H,2-4,13H2,1H3,(H,16,17)/t9-/m0/s1. The molecule has 5 nitrogen and oxygen atoms in total. The molecule has 0 saturated heterocycles. The number of carbonyl (C=O) groups is 1. The molecule has 0 unspecified atom stereocenters.